The number of hydrogen-bond acceptors (Lipinski definition) is 2. The molecule has 2 rings (SSSR count). The molecular formula is C11H14N2O. The van der Waals surface area contributed by atoms with Gasteiger partial charge in [0, 0.05) is 30.5 Å². The molecule has 0 aliphatic carbocycles. The third-order valence-electron chi connectivity index (χ3n) is 2.74. The third-order valence-corrected chi connectivity index (χ3v) is 2.74. The van der Waals surface area contributed by atoms with Crippen LogP contribution in [-0.2, 0) is 0 Å². The van der Waals surface area contributed by atoms with E-state index in [0.29, 0.717) is 6.04 Å². The van der Waals surface area contributed by atoms with Crippen molar-refractivity contribution in [3.05, 3.63) is 30.1 Å². The molecule has 0 aromatic carbocycles. The second kappa shape index (κ2) is 3.78. The first kappa shape index (κ1) is 9.19. The molecule has 74 valence electrons. The van der Waals surface area contributed by atoms with E-state index < -0.39 is 0 Å². The Morgan fingerprint density at radius 3 is 2.79 bits per heavy atom. The lowest BCUT2D eigenvalue weighted by molar-refractivity contribution is 0.0747. The number of amides is 1. The predicted octanol–water partition coefficient (Wildman–Crippen LogP) is 1.71. The summed E-state index contributed by atoms with van der Waals surface area (Å²) in [6, 6.07) is 3.93. The first-order chi connectivity index (χ1) is 6.79. The van der Waals surface area contributed by atoms with Crippen molar-refractivity contribution < 1.29 is 4.79 Å². The molecule has 1 fully saturated rings. The molecule has 1 aromatic rings. The van der Waals surface area contributed by atoms with Crippen LogP contribution in [0.5, 0.6) is 0 Å². The Kier molecular flexibility index (Phi) is 2.48. The van der Waals surface area contributed by atoms with Crippen LogP contribution < -0.4 is 0 Å². The fraction of sp³-hybridized carbons (Fsp3) is 0.455. The van der Waals surface area contributed by atoms with Crippen molar-refractivity contribution in [3.8, 4) is 0 Å². The zero-order chi connectivity index (χ0) is 9.97. The number of carbonyl (C=O) groups is 1. The zero-order valence-corrected chi connectivity index (χ0v) is 8.31. The van der Waals surface area contributed by atoms with Crippen LogP contribution in [0.1, 0.15) is 30.1 Å². The molecule has 3 heteroatoms. The van der Waals surface area contributed by atoms with Gasteiger partial charge in [-0.2, -0.15) is 0 Å². The summed E-state index contributed by atoms with van der Waals surface area (Å²) in [7, 11) is 0. The number of hydrogen-bond donors (Lipinski definition) is 0. The van der Waals surface area contributed by atoms with E-state index >= 15 is 0 Å². The highest BCUT2D eigenvalue weighted by molar-refractivity contribution is 5.94. The van der Waals surface area contributed by atoms with E-state index in [9.17, 15) is 4.79 Å². The van der Waals surface area contributed by atoms with Gasteiger partial charge in [0.05, 0.1) is 0 Å². The first-order valence-corrected chi connectivity index (χ1v) is 5.00. The summed E-state index contributed by atoms with van der Waals surface area (Å²) in [5, 5.41) is 0. The first-order valence-electron chi connectivity index (χ1n) is 5.00. The van der Waals surface area contributed by atoms with E-state index in [1.807, 2.05) is 4.90 Å². The smallest absolute Gasteiger partial charge is 0.254 e. The molecule has 1 unspecified atom stereocenters. The van der Waals surface area contributed by atoms with Crippen molar-refractivity contribution in [2.45, 2.75) is 25.8 Å². The highest BCUT2D eigenvalue weighted by atomic mass is 16.2. The second-order valence-corrected chi connectivity index (χ2v) is 3.73. The van der Waals surface area contributed by atoms with Crippen LogP contribution in [0.4, 0.5) is 0 Å². The molecule has 1 aliphatic heterocycles. The quantitative estimate of drug-likeness (QED) is 0.675. The van der Waals surface area contributed by atoms with Gasteiger partial charge in [0.25, 0.3) is 5.91 Å². The maximum atomic E-state index is 12.0. The van der Waals surface area contributed by atoms with Crippen molar-refractivity contribution in [1.29, 1.82) is 0 Å². The molecule has 1 amide bonds. The zero-order valence-electron chi connectivity index (χ0n) is 8.31. The summed E-state index contributed by atoms with van der Waals surface area (Å²) in [5.74, 6) is 0.136. The Morgan fingerprint density at radius 1 is 1.50 bits per heavy atom. The molecule has 0 radical (unpaired) electrons. The number of pyridine rings is 1. The summed E-state index contributed by atoms with van der Waals surface area (Å²) < 4.78 is 0. The van der Waals surface area contributed by atoms with Gasteiger partial charge >= 0.3 is 0 Å². The predicted molar refractivity (Wildman–Crippen MR) is 54.0 cm³/mol. The lowest BCUT2D eigenvalue weighted by Crippen LogP contribution is -2.33. The summed E-state index contributed by atoms with van der Waals surface area (Å²) >= 11 is 0. The van der Waals surface area contributed by atoms with E-state index in [0.717, 1.165) is 24.9 Å². The van der Waals surface area contributed by atoms with Gasteiger partial charge < -0.3 is 4.90 Å². The van der Waals surface area contributed by atoms with Gasteiger partial charge in [-0.25, -0.2) is 0 Å². The van der Waals surface area contributed by atoms with Gasteiger partial charge in [0.2, 0.25) is 0 Å². The molecule has 0 N–H and O–H groups in total. The fourth-order valence-electron chi connectivity index (χ4n) is 1.90. The lowest BCUT2D eigenvalue weighted by atomic mass is 10.2. The summed E-state index contributed by atoms with van der Waals surface area (Å²) in [5.41, 5.74) is 0.744. The molecule has 0 spiro atoms. The van der Waals surface area contributed by atoms with Gasteiger partial charge in [-0.3, -0.25) is 9.78 Å². The number of aromatic nitrogens is 1. The van der Waals surface area contributed by atoms with E-state index in [1.54, 1.807) is 24.5 Å². The van der Waals surface area contributed by atoms with E-state index in [1.165, 1.54) is 0 Å². The maximum Gasteiger partial charge on any atom is 0.254 e. The number of nitrogens with zero attached hydrogens (tertiary/aromatic N) is 2. The van der Waals surface area contributed by atoms with Crippen LogP contribution in [0.25, 0.3) is 0 Å². The average molecular weight is 190 g/mol. The number of likely N-dealkylation sites (tertiary alicyclic amines) is 1. The van der Waals surface area contributed by atoms with Gasteiger partial charge in [-0.05, 0) is 31.9 Å². The summed E-state index contributed by atoms with van der Waals surface area (Å²) in [4.78, 5) is 17.8. The lowest BCUT2D eigenvalue weighted by Gasteiger charge is -2.21. The Bertz CT molecular complexity index is 323. The van der Waals surface area contributed by atoms with E-state index in [-0.39, 0.29) is 5.91 Å². The van der Waals surface area contributed by atoms with Crippen LogP contribution in [0.2, 0.25) is 0 Å². The largest absolute Gasteiger partial charge is 0.336 e. The molecule has 3 nitrogen and oxygen atoms in total. The Hall–Kier alpha value is -1.38. The molecule has 14 heavy (non-hydrogen) atoms. The normalized spacial score (nSPS) is 21.2. The average Bonchev–Trinajstić information content (AvgIpc) is 2.65. The Morgan fingerprint density at radius 2 is 2.21 bits per heavy atom. The standard InChI is InChI=1S/C11H14N2O/c1-9-3-2-8-13(9)11(14)10-4-6-12-7-5-10/h4-7,9H,2-3,8H2,1H3. The molecule has 1 atom stereocenters. The summed E-state index contributed by atoms with van der Waals surface area (Å²) in [6.07, 6.45) is 5.57. The minimum atomic E-state index is 0.136. The molecular weight excluding hydrogens is 176 g/mol. The van der Waals surface area contributed by atoms with Crippen molar-refractivity contribution in [2.24, 2.45) is 0 Å². The highest BCUT2D eigenvalue weighted by Crippen LogP contribution is 2.18. The Labute approximate surface area is 83.8 Å². The van der Waals surface area contributed by atoms with Crippen LogP contribution in [0.3, 0.4) is 0 Å². The van der Waals surface area contributed by atoms with Crippen LogP contribution in [0.15, 0.2) is 24.5 Å². The monoisotopic (exact) mass is 190 g/mol. The van der Waals surface area contributed by atoms with Gasteiger partial charge in [-0.1, -0.05) is 0 Å². The van der Waals surface area contributed by atoms with Crippen molar-refractivity contribution in [3.63, 3.8) is 0 Å². The molecule has 0 bridgehead atoms. The SMILES string of the molecule is CC1CCCN1C(=O)c1ccncc1. The molecule has 1 aliphatic rings. The van der Waals surface area contributed by atoms with Gasteiger partial charge in [-0.15, -0.1) is 0 Å². The summed E-state index contributed by atoms with van der Waals surface area (Å²) in [6.45, 7) is 2.99. The van der Waals surface area contributed by atoms with Crippen LogP contribution in [-0.4, -0.2) is 28.4 Å². The molecule has 1 aromatic heterocycles. The highest BCUT2D eigenvalue weighted by Gasteiger charge is 2.25. The topological polar surface area (TPSA) is 33.2 Å². The van der Waals surface area contributed by atoms with Crippen molar-refractivity contribution in [1.82, 2.24) is 9.88 Å². The number of rotatable bonds is 1. The van der Waals surface area contributed by atoms with E-state index in [4.69, 9.17) is 0 Å². The molecule has 0 saturated carbocycles. The van der Waals surface area contributed by atoms with Crippen LogP contribution in [0, 0.1) is 0 Å². The van der Waals surface area contributed by atoms with Crippen molar-refractivity contribution in [2.75, 3.05) is 6.54 Å². The Balaban J connectivity index is 2.16. The minimum Gasteiger partial charge on any atom is -0.336 e. The van der Waals surface area contributed by atoms with Gasteiger partial charge in [0.15, 0.2) is 0 Å². The van der Waals surface area contributed by atoms with Crippen molar-refractivity contribution >= 4 is 5.91 Å². The minimum absolute atomic E-state index is 0.136. The number of carbonyl (C=O) groups excluding carboxylic acids is 1. The van der Waals surface area contributed by atoms with Gasteiger partial charge in [0.1, 0.15) is 0 Å². The molecule has 1 saturated heterocycles. The fourth-order valence-corrected chi connectivity index (χ4v) is 1.90. The van der Waals surface area contributed by atoms with E-state index in [2.05, 4.69) is 11.9 Å². The third kappa shape index (κ3) is 1.62. The molecule has 2 heterocycles. The maximum absolute atomic E-state index is 12.0. The second-order valence-electron chi connectivity index (χ2n) is 3.73. The van der Waals surface area contributed by atoms with Crippen LogP contribution >= 0.6 is 0 Å².